The second-order valence-corrected chi connectivity index (χ2v) is 4.23. The van der Waals surface area contributed by atoms with Gasteiger partial charge in [-0.2, -0.15) is 0 Å². The van der Waals surface area contributed by atoms with Crippen LogP contribution in [0.2, 0.25) is 0 Å². The fourth-order valence-corrected chi connectivity index (χ4v) is 1.82. The molecule has 0 aromatic heterocycles. The van der Waals surface area contributed by atoms with Crippen molar-refractivity contribution in [2.75, 3.05) is 5.75 Å². The Labute approximate surface area is 95.9 Å². The highest BCUT2D eigenvalue weighted by Gasteiger charge is 1.97. The number of phenolic OH excluding ortho intramolecular Hbond substituents is 1. The molecule has 0 unspecified atom stereocenters. The summed E-state index contributed by atoms with van der Waals surface area (Å²) in [7, 11) is 0. The SMILES string of the molecule is CCCCC#CCSc1ccccc1O. The van der Waals surface area contributed by atoms with E-state index in [4.69, 9.17) is 0 Å². The monoisotopic (exact) mass is 220 g/mol. The number of rotatable bonds is 4. The molecule has 2 heteroatoms. The van der Waals surface area contributed by atoms with E-state index >= 15 is 0 Å². The van der Waals surface area contributed by atoms with E-state index in [-0.39, 0.29) is 0 Å². The van der Waals surface area contributed by atoms with Crippen LogP contribution in [0.3, 0.4) is 0 Å². The molecule has 0 amide bonds. The molecular formula is C13H16OS. The Morgan fingerprint density at radius 2 is 2.07 bits per heavy atom. The maximum Gasteiger partial charge on any atom is 0.129 e. The highest BCUT2D eigenvalue weighted by Crippen LogP contribution is 2.26. The summed E-state index contributed by atoms with van der Waals surface area (Å²) < 4.78 is 0. The molecule has 0 atom stereocenters. The molecule has 15 heavy (non-hydrogen) atoms. The molecule has 1 nitrogen and oxygen atoms in total. The summed E-state index contributed by atoms with van der Waals surface area (Å²) >= 11 is 1.58. The largest absolute Gasteiger partial charge is 0.507 e. The fourth-order valence-electron chi connectivity index (χ4n) is 1.10. The predicted molar refractivity (Wildman–Crippen MR) is 66.1 cm³/mol. The Balaban J connectivity index is 2.30. The second kappa shape index (κ2) is 7.25. The van der Waals surface area contributed by atoms with Crippen molar-refractivity contribution < 1.29 is 5.11 Å². The van der Waals surface area contributed by atoms with E-state index in [2.05, 4.69) is 18.8 Å². The van der Waals surface area contributed by atoms with Crippen molar-refractivity contribution >= 4 is 11.8 Å². The van der Waals surface area contributed by atoms with Crippen molar-refractivity contribution in [2.24, 2.45) is 0 Å². The lowest BCUT2D eigenvalue weighted by Gasteiger charge is -1.99. The van der Waals surface area contributed by atoms with Crippen molar-refractivity contribution in [1.29, 1.82) is 0 Å². The average Bonchev–Trinajstić information content (AvgIpc) is 2.25. The number of thioether (sulfide) groups is 1. The van der Waals surface area contributed by atoms with Gasteiger partial charge in [-0.15, -0.1) is 17.7 Å². The van der Waals surface area contributed by atoms with Gasteiger partial charge in [0.05, 0.1) is 10.6 Å². The molecule has 0 spiro atoms. The van der Waals surface area contributed by atoms with Gasteiger partial charge >= 0.3 is 0 Å². The van der Waals surface area contributed by atoms with Gasteiger partial charge in [-0.1, -0.05) is 31.4 Å². The molecule has 0 saturated carbocycles. The zero-order chi connectivity index (χ0) is 10.9. The maximum absolute atomic E-state index is 9.48. The molecule has 0 aliphatic rings. The zero-order valence-corrected chi connectivity index (χ0v) is 9.81. The van der Waals surface area contributed by atoms with Crippen LogP contribution >= 0.6 is 11.8 Å². The molecule has 0 heterocycles. The first kappa shape index (κ1) is 12.0. The first-order valence-electron chi connectivity index (χ1n) is 5.21. The summed E-state index contributed by atoms with van der Waals surface area (Å²) in [5, 5.41) is 9.48. The molecule has 1 rings (SSSR count). The molecule has 0 bridgehead atoms. The summed E-state index contributed by atoms with van der Waals surface area (Å²) in [5.41, 5.74) is 0. The lowest BCUT2D eigenvalue weighted by molar-refractivity contribution is 0.462. The molecule has 80 valence electrons. The third kappa shape index (κ3) is 4.80. The molecule has 0 saturated heterocycles. The fraction of sp³-hybridized carbons (Fsp3) is 0.385. The smallest absolute Gasteiger partial charge is 0.129 e. The number of hydrogen-bond donors (Lipinski definition) is 1. The molecule has 0 radical (unpaired) electrons. The molecule has 1 aromatic rings. The minimum absolute atomic E-state index is 0.345. The van der Waals surface area contributed by atoms with Crippen LogP contribution in [0.5, 0.6) is 5.75 Å². The van der Waals surface area contributed by atoms with Gasteiger partial charge in [0.2, 0.25) is 0 Å². The minimum Gasteiger partial charge on any atom is -0.507 e. The number of para-hydroxylation sites is 1. The summed E-state index contributed by atoms with van der Waals surface area (Å²) in [6, 6.07) is 7.36. The van der Waals surface area contributed by atoms with Crippen LogP contribution in [-0.4, -0.2) is 10.9 Å². The second-order valence-electron chi connectivity index (χ2n) is 3.21. The molecular weight excluding hydrogens is 204 g/mol. The number of benzene rings is 1. The van der Waals surface area contributed by atoms with Gasteiger partial charge in [-0.25, -0.2) is 0 Å². The third-order valence-electron chi connectivity index (χ3n) is 1.95. The third-order valence-corrected chi connectivity index (χ3v) is 2.89. The van der Waals surface area contributed by atoms with Gasteiger partial charge in [0.25, 0.3) is 0 Å². The van der Waals surface area contributed by atoms with Crippen LogP contribution in [0.15, 0.2) is 29.2 Å². The quantitative estimate of drug-likeness (QED) is 0.474. The number of phenols is 1. The Bertz CT molecular complexity index is 349. The highest BCUT2D eigenvalue weighted by molar-refractivity contribution is 7.99. The van der Waals surface area contributed by atoms with Gasteiger partial charge in [0.1, 0.15) is 5.75 Å². The molecule has 0 aliphatic heterocycles. The number of hydrogen-bond acceptors (Lipinski definition) is 2. The Morgan fingerprint density at radius 3 is 2.80 bits per heavy atom. The standard InChI is InChI=1S/C13H16OS/c1-2-3-4-5-8-11-15-13-10-7-6-9-12(13)14/h6-7,9-10,14H,2-4,11H2,1H3. The Hall–Kier alpha value is -1.07. The number of unbranched alkanes of at least 4 members (excludes halogenated alkanes) is 2. The van der Waals surface area contributed by atoms with Crippen LogP contribution in [-0.2, 0) is 0 Å². The minimum atomic E-state index is 0.345. The molecule has 1 N–H and O–H groups in total. The van der Waals surface area contributed by atoms with E-state index in [1.54, 1.807) is 17.8 Å². The van der Waals surface area contributed by atoms with Gasteiger partial charge in [-0.3, -0.25) is 0 Å². The average molecular weight is 220 g/mol. The van der Waals surface area contributed by atoms with Crippen molar-refractivity contribution in [3.05, 3.63) is 24.3 Å². The molecule has 1 aromatic carbocycles. The van der Waals surface area contributed by atoms with Crippen LogP contribution in [0, 0.1) is 11.8 Å². The van der Waals surface area contributed by atoms with Crippen LogP contribution in [0.4, 0.5) is 0 Å². The van der Waals surface area contributed by atoms with Crippen molar-refractivity contribution in [3.8, 4) is 17.6 Å². The summed E-state index contributed by atoms with van der Waals surface area (Å²) in [6.07, 6.45) is 3.35. The van der Waals surface area contributed by atoms with Gasteiger partial charge in [0, 0.05) is 6.42 Å². The molecule has 0 fully saturated rings. The topological polar surface area (TPSA) is 20.2 Å². The summed E-state index contributed by atoms with van der Waals surface area (Å²) in [4.78, 5) is 0.905. The number of aromatic hydroxyl groups is 1. The Morgan fingerprint density at radius 1 is 1.27 bits per heavy atom. The lowest BCUT2D eigenvalue weighted by Crippen LogP contribution is -1.76. The maximum atomic E-state index is 9.48. The summed E-state index contributed by atoms with van der Waals surface area (Å²) in [5.74, 6) is 7.32. The highest BCUT2D eigenvalue weighted by atomic mass is 32.2. The zero-order valence-electron chi connectivity index (χ0n) is 8.99. The van der Waals surface area contributed by atoms with E-state index < -0.39 is 0 Å². The van der Waals surface area contributed by atoms with Crippen LogP contribution in [0.25, 0.3) is 0 Å². The van der Waals surface area contributed by atoms with Crippen LogP contribution in [0.1, 0.15) is 26.2 Å². The van der Waals surface area contributed by atoms with E-state index in [9.17, 15) is 5.11 Å². The van der Waals surface area contributed by atoms with Gasteiger partial charge in [-0.05, 0) is 18.6 Å². The normalized spacial score (nSPS) is 9.40. The van der Waals surface area contributed by atoms with Crippen molar-refractivity contribution in [3.63, 3.8) is 0 Å². The van der Waals surface area contributed by atoms with Crippen LogP contribution < -0.4 is 0 Å². The Kier molecular flexibility index (Phi) is 5.80. The van der Waals surface area contributed by atoms with E-state index in [1.165, 1.54) is 12.8 Å². The van der Waals surface area contributed by atoms with Crippen molar-refractivity contribution in [1.82, 2.24) is 0 Å². The van der Waals surface area contributed by atoms with Gasteiger partial charge in [0.15, 0.2) is 0 Å². The van der Waals surface area contributed by atoms with E-state index in [0.717, 1.165) is 17.1 Å². The van der Waals surface area contributed by atoms with E-state index in [0.29, 0.717) is 5.75 Å². The first-order valence-corrected chi connectivity index (χ1v) is 6.19. The van der Waals surface area contributed by atoms with Crippen molar-refractivity contribution in [2.45, 2.75) is 31.1 Å². The summed E-state index contributed by atoms with van der Waals surface area (Å²) in [6.45, 7) is 2.17. The van der Waals surface area contributed by atoms with E-state index in [1.807, 2.05) is 18.2 Å². The lowest BCUT2D eigenvalue weighted by atomic mass is 10.3. The van der Waals surface area contributed by atoms with Gasteiger partial charge < -0.3 is 5.11 Å². The molecule has 0 aliphatic carbocycles. The predicted octanol–water partition coefficient (Wildman–Crippen LogP) is 3.68. The first-order chi connectivity index (χ1) is 7.34.